The number of hydrogen-bond acceptors (Lipinski definition) is 4. The van der Waals surface area contributed by atoms with Gasteiger partial charge in [0.25, 0.3) is 0 Å². The van der Waals surface area contributed by atoms with Crippen molar-refractivity contribution in [3.8, 4) is 0 Å². The van der Waals surface area contributed by atoms with Gasteiger partial charge in [-0.2, -0.15) is 0 Å². The lowest BCUT2D eigenvalue weighted by atomic mass is 10.2. The topological polar surface area (TPSA) is 58.6 Å². The first-order valence-corrected chi connectivity index (χ1v) is 6.25. The van der Waals surface area contributed by atoms with Crippen molar-refractivity contribution in [3.05, 3.63) is 0 Å². The SMILES string of the molecule is CCOC(=O)CN(C)CC(=O)NC1CCCC1. The molecule has 1 saturated carbocycles. The molecule has 98 valence electrons. The zero-order chi connectivity index (χ0) is 12.7. The standard InChI is InChI=1S/C12H22N2O3/c1-3-17-12(16)9-14(2)8-11(15)13-10-6-4-5-7-10/h10H,3-9H2,1-2H3,(H,13,15). The van der Waals surface area contributed by atoms with Crippen molar-refractivity contribution < 1.29 is 14.3 Å². The van der Waals surface area contributed by atoms with Gasteiger partial charge in [0.05, 0.1) is 19.7 Å². The van der Waals surface area contributed by atoms with E-state index in [9.17, 15) is 9.59 Å². The van der Waals surface area contributed by atoms with Gasteiger partial charge in [-0.05, 0) is 26.8 Å². The summed E-state index contributed by atoms with van der Waals surface area (Å²) in [5.41, 5.74) is 0. The van der Waals surface area contributed by atoms with Crippen LogP contribution in [0.5, 0.6) is 0 Å². The molecule has 1 fully saturated rings. The summed E-state index contributed by atoms with van der Waals surface area (Å²) < 4.78 is 4.82. The monoisotopic (exact) mass is 242 g/mol. The molecule has 0 aromatic carbocycles. The Kier molecular flexibility index (Phi) is 5.97. The van der Waals surface area contributed by atoms with Crippen LogP contribution in [0.4, 0.5) is 0 Å². The molecule has 1 aliphatic rings. The quantitative estimate of drug-likeness (QED) is 0.691. The van der Waals surface area contributed by atoms with E-state index in [1.165, 1.54) is 12.8 Å². The molecule has 1 amide bonds. The number of likely N-dealkylation sites (N-methyl/N-ethyl adjacent to an activating group) is 1. The Bertz CT molecular complexity index is 262. The van der Waals surface area contributed by atoms with Crippen LogP contribution in [0.1, 0.15) is 32.6 Å². The van der Waals surface area contributed by atoms with E-state index < -0.39 is 0 Å². The number of carbonyl (C=O) groups is 2. The Labute approximate surface area is 102 Å². The maximum Gasteiger partial charge on any atom is 0.320 e. The summed E-state index contributed by atoms with van der Waals surface area (Å²) >= 11 is 0. The van der Waals surface area contributed by atoms with Gasteiger partial charge < -0.3 is 10.1 Å². The first-order valence-electron chi connectivity index (χ1n) is 6.25. The minimum atomic E-state index is -0.288. The highest BCUT2D eigenvalue weighted by molar-refractivity contribution is 5.79. The first kappa shape index (κ1) is 14.0. The van der Waals surface area contributed by atoms with E-state index in [-0.39, 0.29) is 25.0 Å². The van der Waals surface area contributed by atoms with Gasteiger partial charge in [-0.25, -0.2) is 0 Å². The fraction of sp³-hybridized carbons (Fsp3) is 0.833. The van der Waals surface area contributed by atoms with E-state index in [2.05, 4.69) is 5.32 Å². The van der Waals surface area contributed by atoms with E-state index in [4.69, 9.17) is 4.74 Å². The van der Waals surface area contributed by atoms with Gasteiger partial charge in [-0.1, -0.05) is 12.8 Å². The molecular weight excluding hydrogens is 220 g/mol. The maximum absolute atomic E-state index is 11.6. The Morgan fingerprint density at radius 1 is 1.29 bits per heavy atom. The molecule has 0 aliphatic heterocycles. The van der Waals surface area contributed by atoms with Crippen molar-refractivity contribution >= 4 is 11.9 Å². The van der Waals surface area contributed by atoms with Crippen LogP contribution in [-0.4, -0.2) is 49.6 Å². The van der Waals surface area contributed by atoms with Crippen molar-refractivity contribution in [3.63, 3.8) is 0 Å². The van der Waals surface area contributed by atoms with Crippen LogP contribution in [0.2, 0.25) is 0 Å². The summed E-state index contributed by atoms with van der Waals surface area (Å²) in [6.45, 7) is 2.55. The Morgan fingerprint density at radius 3 is 2.53 bits per heavy atom. The van der Waals surface area contributed by atoms with Gasteiger partial charge in [-0.15, -0.1) is 0 Å². The van der Waals surface area contributed by atoms with Gasteiger partial charge >= 0.3 is 5.97 Å². The molecule has 1 N–H and O–H groups in total. The van der Waals surface area contributed by atoms with Crippen LogP contribution in [0.3, 0.4) is 0 Å². The van der Waals surface area contributed by atoms with Crippen molar-refractivity contribution in [1.29, 1.82) is 0 Å². The number of esters is 1. The predicted octanol–water partition coefficient (Wildman–Crippen LogP) is 0.540. The largest absolute Gasteiger partial charge is 0.465 e. The molecule has 0 radical (unpaired) electrons. The molecule has 0 heterocycles. The van der Waals surface area contributed by atoms with Gasteiger partial charge in [0.1, 0.15) is 0 Å². The lowest BCUT2D eigenvalue weighted by Gasteiger charge is -2.17. The Balaban J connectivity index is 2.18. The third kappa shape index (κ3) is 5.68. The minimum Gasteiger partial charge on any atom is -0.465 e. The molecule has 5 nitrogen and oxygen atoms in total. The second-order valence-corrected chi connectivity index (χ2v) is 4.53. The minimum absolute atomic E-state index is 0.0105. The summed E-state index contributed by atoms with van der Waals surface area (Å²) in [6, 6.07) is 0.332. The highest BCUT2D eigenvalue weighted by Crippen LogP contribution is 2.17. The smallest absolute Gasteiger partial charge is 0.320 e. The second kappa shape index (κ2) is 7.27. The molecule has 0 bridgehead atoms. The normalized spacial score (nSPS) is 16.2. The fourth-order valence-electron chi connectivity index (χ4n) is 2.07. The number of hydrogen-bond donors (Lipinski definition) is 1. The fourth-order valence-corrected chi connectivity index (χ4v) is 2.07. The zero-order valence-electron chi connectivity index (χ0n) is 10.7. The van der Waals surface area contributed by atoms with Crippen LogP contribution in [0, 0.1) is 0 Å². The average Bonchev–Trinajstić information content (AvgIpc) is 2.69. The highest BCUT2D eigenvalue weighted by atomic mass is 16.5. The lowest BCUT2D eigenvalue weighted by Crippen LogP contribution is -2.41. The number of nitrogens with one attached hydrogen (secondary N) is 1. The molecule has 17 heavy (non-hydrogen) atoms. The highest BCUT2D eigenvalue weighted by Gasteiger charge is 2.18. The summed E-state index contributed by atoms with van der Waals surface area (Å²) in [7, 11) is 1.74. The third-order valence-corrected chi connectivity index (χ3v) is 2.84. The van der Waals surface area contributed by atoms with Crippen LogP contribution < -0.4 is 5.32 Å². The summed E-state index contributed by atoms with van der Waals surface area (Å²) in [4.78, 5) is 24.5. The first-order chi connectivity index (χ1) is 8.11. The average molecular weight is 242 g/mol. The number of nitrogens with zero attached hydrogens (tertiary/aromatic N) is 1. The zero-order valence-corrected chi connectivity index (χ0v) is 10.7. The maximum atomic E-state index is 11.6. The van der Waals surface area contributed by atoms with E-state index >= 15 is 0 Å². The van der Waals surface area contributed by atoms with Gasteiger partial charge in [0, 0.05) is 6.04 Å². The summed E-state index contributed by atoms with van der Waals surface area (Å²) in [6.07, 6.45) is 4.55. The second-order valence-electron chi connectivity index (χ2n) is 4.53. The van der Waals surface area contributed by atoms with E-state index in [1.807, 2.05) is 0 Å². The molecular formula is C12H22N2O3. The van der Waals surface area contributed by atoms with Crippen LogP contribution in [-0.2, 0) is 14.3 Å². The molecule has 0 unspecified atom stereocenters. The van der Waals surface area contributed by atoms with Crippen molar-refractivity contribution in [1.82, 2.24) is 10.2 Å². The molecule has 0 aromatic rings. The molecule has 0 spiro atoms. The summed E-state index contributed by atoms with van der Waals surface area (Å²) in [5, 5.41) is 2.98. The third-order valence-electron chi connectivity index (χ3n) is 2.84. The van der Waals surface area contributed by atoms with Crippen LogP contribution in [0.25, 0.3) is 0 Å². The van der Waals surface area contributed by atoms with Crippen LogP contribution >= 0.6 is 0 Å². The Hall–Kier alpha value is -1.10. The number of carbonyl (C=O) groups excluding carboxylic acids is 2. The van der Waals surface area contributed by atoms with Crippen LogP contribution in [0.15, 0.2) is 0 Å². The van der Waals surface area contributed by atoms with Gasteiger partial charge in [-0.3, -0.25) is 14.5 Å². The Morgan fingerprint density at radius 2 is 1.94 bits per heavy atom. The molecule has 0 aromatic heterocycles. The number of amides is 1. The van der Waals surface area contributed by atoms with E-state index in [0.29, 0.717) is 12.6 Å². The van der Waals surface area contributed by atoms with Gasteiger partial charge in [0.15, 0.2) is 0 Å². The van der Waals surface area contributed by atoms with Crippen molar-refractivity contribution in [2.24, 2.45) is 0 Å². The van der Waals surface area contributed by atoms with E-state index in [0.717, 1.165) is 12.8 Å². The number of ether oxygens (including phenoxy) is 1. The molecule has 0 atom stereocenters. The summed E-state index contributed by atoms with van der Waals surface area (Å²) in [5.74, 6) is -0.299. The van der Waals surface area contributed by atoms with Crippen molar-refractivity contribution in [2.45, 2.75) is 38.6 Å². The van der Waals surface area contributed by atoms with E-state index in [1.54, 1.807) is 18.9 Å². The molecule has 1 aliphatic carbocycles. The number of rotatable bonds is 6. The predicted molar refractivity (Wildman–Crippen MR) is 64.5 cm³/mol. The lowest BCUT2D eigenvalue weighted by molar-refractivity contribution is -0.144. The van der Waals surface area contributed by atoms with Gasteiger partial charge in [0.2, 0.25) is 5.91 Å². The molecule has 5 heteroatoms. The van der Waals surface area contributed by atoms with Crippen molar-refractivity contribution in [2.75, 3.05) is 26.7 Å². The molecule has 1 rings (SSSR count). The molecule has 0 saturated heterocycles.